The number of aliphatic hydroxyl groups excluding tert-OH is 1. The zero-order valence-electron chi connectivity index (χ0n) is 49.9. The number of carbonyl (C=O) groups excluding carboxylic acids is 11. The summed E-state index contributed by atoms with van der Waals surface area (Å²) < 4.78 is 0. The molecule has 498 valence electrons. The van der Waals surface area contributed by atoms with E-state index in [0.29, 0.717) is 29.7 Å². The van der Waals surface area contributed by atoms with Crippen molar-refractivity contribution >= 4 is 107 Å². The maximum absolute atomic E-state index is 14.6. The Labute approximate surface area is 529 Å². The van der Waals surface area contributed by atoms with Gasteiger partial charge in [0, 0.05) is 31.7 Å². The van der Waals surface area contributed by atoms with Crippen LogP contribution in [-0.4, -0.2) is 198 Å². The molecule has 0 bridgehead atoms. The maximum atomic E-state index is 14.6. The molecule has 0 aromatic heterocycles. The van der Waals surface area contributed by atoms with Gasteiger partial charge >= 0.3 is 5.97 Å². The van der Waals surface area contributed by atoms with Crippen LogP contribution in [-0.2, 0) is 70.4 Å². The zero-order chi connectivity index (χ0) is 67.3. The van der Waals surface area contributed by atoms with Crippen LogP contribution in [0, 0.1) is 0 Å². The molecule has 0 radical (unpaired) electrons. The molecule has 35 heteroatoms. The van der Waals surface area contributed by atoms with E-state index in [1.165, 1.54) is 11.8 Å². The summed E-state index contributed by atoms with van der Waals surface area (Å²) in [7, 11) is 0. The van der Waals surface area contributed by atoms with E-state index in [0.717, 1.165) is 0 Å². The third-order valence-electron chi connectivity index (χ3n) is 13.2. The minimum Gasteiger partial charge on any atom is -0.480 e. The number of benzene rings is 2. The summed E-state index contributed by atoms with van der Waals surface area (Å²) in [5.41, 5.74) is 45.7. The number of thiol groups is 1. The Morgan fingerprint density at radius 2 is 0.811 bits per heavy atom. The highest BCUT2D eigenvalue weighted by molar-refractivity contribution is 7.98. The summed E-state index contributed by atoms with van der Waals surface area (Å²) in [6.45, 7) is -0.772. The van der Waals surface area contributed by atoms with Crippen LogP contribution in [0.4, 0.5) is 0 Å². The van der Waals surface area contributed by atoms with E-state index in [9.17, 15) is 67.7 Å². The van der Waals surface area contributed by atoms with Crippen molar-refractivity contribution in [3.63, 3.8) is 0 Å². The number of aliphatic hydroxyl groups is 1. The summed E-state index contributed by atoms with van der Waals surface area (Å²) in [5, 5.41) is 42.0. The average Bonchev–Trinajstić information content (AvgIpc) is 1.90. The monoisotopic (exact) mass is 1300 g/mol. The lowest BCUT2D eigenvalue weighted by atomic mass is 10.0. The number of nitrogens with two attached hydrogens (primary N) is 8. The third kappa shape index (κ3) is 30.4. The van der Waals surface area contributed by atoms with E-state index in [1.54, 1.807) is 66.9 Å². The van der Waals surface area contributed by atoms with Gasteiger partial charge in [0.1, 0.15) is 54.4 Å². The Kier molecular flexibility index (Phi) is 36.2. The molecule has 0 saturated carbocycles. The van der Waals surface area contributed by atoms with E-state index in [2.05, 4.69) is 70.5 Å². The van der Waals surface area contributed by atoms with Gasteiger partial charge in [-0.3, -0.25) is 62.7 Å². The fraction of sp³-hybridized carbons (Fsp3) is 0.527. The van der Waals surface area contributed by atoms with Crippen LogP contribution in [0.15, 0.2) is 70.6 Å². The van der Waals surface area contributed by atoms with E-state index in [-0.39, 0.29) is 82.9 Å². The number of carboxylic acid groups (broad SMARTS) is 1. The molecular formula is C55H87N19O14S2. The molecule has 0 aliphatic carbocycles. The first kappa shape index (κ1) is 77.3. The van der Waals surface area contributed by atoms with Gasteiger partial charge in [-0.15, -0.1) is 0 Å². The molecule has 0 spiro atoms. The molecule has 0 heterocycles. The predicted octanol–water partition coefficient (Wildman–Crippen LogP) is -7.09. The highest BCUT2D eigenvalue weighted by atomic mass is 32.2. The van der Waals surface area contributed by atoms with E-state index >= 15 is 0 Å². The second-order valence-electron chi connectivity index (χ2n) is 20.5. The number of carboxylic acids is 1. The molecule has 0 fully saturated rings. The Bertz CT molecular complexity index is 2760. The van der Waals surface area contributed by atoms with Crippen molar-refractivity contribution in [2.75, 3.05) is 44.0 Å². The number of rotatable bonds is 44. The molecule has 0 aliphatic heterocycles. The van der Waals surface area contributed by atoms with Crippen LogP contribution >= 0.6 is 24.4 Å². The number of thioether (sulfide) groups is 1. The van der Waals surface area contributed by atoms with Crippen molar-refractivity contribution in [1.29, 1.82) is 0 Å². The number of primary amides is 2. The number of unbranched alkanes of at least 4 members (excludes halogenated alkanes) is 1. The van der Waals surface area contributed by atoms with Crippen molar-refractivity contribution in [1.82, 2.24) is 47.9 Å². The van der Waals surface area contributed by atoms with Crippen LogP contribution in [0.1, 0.15) is 75.3 Å². The molecule has 10 atom stereocenters. The van der Waals surface area contributed by atoms with Crippen LogP contribution in [0.3, 0.4) is 0 Å². The van der Waals surface area contributed by atoms with Crippen LogP contribution < -0.4 is 93.7 Å². The Morgan fingerprint density at radius 3 is 1.20 bits per heavy atom. The number of nitrogens with zero attached hydrogens (tertiary/aromatic N) is 2. The second-order valence-corrected chi connectivity index (χ2v) is 21.9. The Hall–Kier alpha value is -8.80. The number of nitrogens with one attached hydrogen (secondary N) is 9. The number of aliphatic imine (C=N–C) groups is 2. The SMILES string of the molecule is CSCC[C@H](NC(=O)[C@H](Cc1ccccc1)NC(=O)[C@@H](N)CCCN=C(N)N)C(=O)N[C@@H](CCCN=C(N)N)C(=O)N[C@@H](Cc1ccccc1)C(=O)N[C@@H](CO)C(=O)N[C@@H](CCCCN)C(=O)N[C@@H](CC(N)=O)C(=O)N[C@@H](CC(N)=O)C(=O)N[C@@H](CS)C(=O)O. The van der Waals surface area contributed by atoms with Gasteiger partial charge in [-0.2, -0.15) is 24.4 Å². The van der Waals surface area contributed by atoms with Gasteiger partial charge in [-0.05, 0) is 81.0 Å². The van der Waals surface area contributed by atoms with Gasteiger partial charge in [-0.1, -0.05) is 60.7 Å². The highest BCUT2D eigenvalue weighted by Crippen LogP contribution is 2.12. The summed E-state index contributed by atoms with van der Waals surface area (Å²) in [6, 6.07) is 1.64. The molecule has 33 nitrogen and oxygen atoms in total. The second kappa shape index (κ2) is 42.2. The van der Waals surface area contributed by atoms with Gasteiger partial charge < -0.3 is 104 Å². The molecule has 27 N–H and O–H groups in total. The van der Waals surface area contributed by atoms with E-state index in [1.807, 2.05) is 0 Å². The molecule has 2 aromatic rings. The summed E-state index contributed by atoms with van der Waals surface area (Å²) >= 11 is 5.22. The highest BCUT2D eigenvalue weighted by Gasteiger charge is 2.36. The molecular weight excluding hydrogens is 1210 g/mol. The largest absolute Gasteiger partial charge is 0.480 e. The number of hydrogen-bond donors (Lipinski definition) is 20. The molecule has 0 unspecified atom stereocenters. The topological polar surface area (TPSA) is 586 Å². The fourth-order valence-corrected chi connectivity index (χ4v) is 9.18. The number of guanidine groups is 2. The molecule has 11 amide bonds. The molecule has 2 aromatic carbocycles. The molecule has 2 rings (SSSR count). The fourth-order valence-electron chi connectivity index (χ4n) is 8.46. The van der Waals surface area contributed by atoms with Crippen molar-refractivity contribution in [2.24, 2.45) is 55.9 Å². The number of carbonyl (C=O) groups is 12. The van der Waals surface area contributed by atoms with Gasteiger partial charge in [0.15, 0.2) is 11.9 Å². The summed E-state index contributed by atoms with van der Waals surface area (Å²) in [4.78, 5) is 169. The van der Waals surface area contributed by atoms with Crippen molar-refractivity contribution in [3.05, 3.63) is 71.8 Å². The Morgan fingerprint density at radius 1 is 0.467 bits per heavy atom. The van der Waals surface area contributed by atoms with Crippen molar-refractivity contribution in [2.45, 2.75) is 137 Å². The Balaban J connectivity index is 2.52. The van der Waals surface area contributed by atoms with Crippen molar-refractivity contribution < 1.29 is 67.7 Å². The van der Waals surface area contributed by atoms with Crippen LogP contribution in [0.5, 0.6) is 0 Å². The van der Waals surface area contributed by atoms with Crippen LogP contribution in [0.2, 0.25) is 0 Å². The smallest absolute Gasteiger partial charge is 0.327 e. The first-order valence-electron chi connectivity index (χ1n) is 28.6. The summed E-state index contributed by atoms with van der Waals surface area (Å²) in [6.07, 6.45) is 0.529. The maximum Gasteiger partial charge on any atom is 0.327 e. The normalized spacial score (nSPS) is 14.2. The van der Waals surface area contributed by atoms with E-state index < -0.39 is 157 Å². The predicted molar refractivity (Wildman–Crippen MR) is 338 cm³/mol. The quantitative estimate of drug-likeness (QED) is 0.0127. The average molecular weight is 1300 g/mol. The first-order valence-corrected chi connectivity index (χ1v) is 30.6. The number of aliphatic carboxylic acids is 1. The standard InChI is InChI=1S/C55H87N19O14S2/c1-90-23-19-35(68-48(82)36(24-30-12-4-2-5-13-30)69-44(78)32(57)16-10-21-64-54(60)61)47(81)66-34(18-11-22-65-55(62)63)46(80)70-37(25-31-14-6-3-7-15-31)49(83)73-40(28-75)52(86)67-33(17-8-9-20-56)45(79)71-38(26-42(58)76)50(84)72-39(27-43(59)77)51(85)74-41(29-89)53(87)88/h2-7,12-15,32-41,75,89H,8-11,16-29,56-57H2,1H3,(H2,58,76)(H2,59,77)(H,66,81)(H,67,86)(H,68,82)(H,69,78)(H,70,80)(H,71,79)(H,72,84)(H,73,83)(H,74,85)(H,87,88)(H4,60,61,64)(H4,62,63,65)/t32-,33-,34-,35-,36-,37-,38-,39-,40-,41-/m0/s1. The lowest BCUT2D eigenvalue weighted by Crippen LogP contribution is -2.61. The van der Waals surface area contributed by atoms with Gasteiger partial charge in [0.05, 0.1) is 25.5 Å². The molecule has 90 heavy (non-hydrogen) atoms. The number of hydrogen-bond acceptors (Lipinski definition) is 19. The zero-order valence-corrected chi connectivity index (χ0v) is 51.6. The molecule has 0 aliphatic rings. The van der Waals surface area contributed by atoms with Crippen LogP contribution in [0.25, 0.3) is 0 Å². The van der Waals surface area contributed by atoms with Gasteiger partial charge in [-0.25, -0.2) is 4.79 Å². The molecule has 0 saturated heterocycles. The van der Waals surface area contributed by atoms with E-state index in [4.69, 9.17) is 45.9 Å². The van der Waals surface area contributed by atoms with Gasteiger partial charge in [0.25, 0.3) is 0 Å². The van der Waals surface area contributed by atoms with Crippen molar-refractivity contribution in [3.8, 4) is 0 Å². The number of amides is 11. The third-order valence-corrected chi connectivity index (χ3v) is 14.2. The minimum absolute atomic E-state index is 0.0105. The first-order chi connectivity index (χ1) is 42.7. The lowest BCUT2D eigenvalue weighted by Gasteiger charge is -2.28. The summed E-state index contributed by atoms with van der Waals surface area (Å²) in [5.74, 6) is -13.2. The minimum atomic E-state index is -1.88. The van der Waals surface area contributed by atoms with Gasteiger partial charge in [0.2, 0.25) is 65.0 Å². The lowest BCUT2D eigenvalue weighted by molar-refractivity contribution is -0.142.